The predicted octanol–water partition coefficient (Wildman–Crippen LogP) is 2.63. The van der Waals surface area contributed by atoms with Gasteiger partial charge in [-0.1, -0.05) is 36.4 Å². The van der Waals surface area contributed by atoms with Crippen LogP contribution in [-0.4, -0.2) is 25.0 Å². The molecule has 0 aliphatic carbocycles. The van der Waals surface area contributed by atoms with Gasteiger partial charge in [-0.3, -0.25) is 4.79 Å². The number of likely N-dealkylation sites (tertiary alicyclic amines) is 1. The Labute approximate surface area is 150 Å². The zero-order valence-corrected chi connectivity index (χ0v) is 14.6. The summed E-state index contributed by atoms with van der Waals surface area (Å²) in [4.78, 5) is 14.6. The fraction of sp³-hybridized carbons (Fsp3) is 0.250. The molecule has 2 heterocycles. The highest BCUT2D eigenvalue weighted by Gasteiger charge is 2.28. The molecule has 0 saturated carbocycles. The first-order valence-electron chi connectivity index (χ1n) is 8.55. The number of halogens is 1. The van der Waals surface area contributed by atoms with E-state index in [9.17, 15) is 9.18 Å². The molecule has 0 bridgehead atoms. The number of carbonyl (C=O) groups is 1. The van der Waals surface area contributed by atoms with Crippen LogP contribution in [0.1, 0.15) is 21.7 Å². The van der Waals surface area contributed by atoms with Crippen molar-refractivity contribution in [1.82, 2.24) is 5.32 Å². The molecule has 1 unspecified atom stereocenters. The van der Waals surface area contributed by atoms with Crippen molar-refractivity contribution in [1.29, 1.82) is 0 Å². The van der Waals surface area contributed by atoms with E-state index in [2.05, 4.69) is 29.6 Å². The van der Waals surface area contributed by atoms with E-state index in [4.69, 9.17) is 0 Å². The maximum Gasteiger partial charge on any atom is 0.261 e. The lowest BCUT2D eigenvalue weighted by atomic mass is 10.2. The molecule has 0 spiro atoms. The van der Waals surface area contributed by atoms with E-state index in [-0.39, 0.29) is 17.8 Å². The molecule has 25 heavy (non-hydrogen) atoms. The highest BCUT2D eigenvalue weighted by Crippen LogP contribution is 2.27. The van der Waals surface area contributed by atoms with Crippen LogP contribution in [0.15, 0.2) is 54.6 Å². The van der Waals surface area contributed by atoms with Gasteiger partial charge in [0.2, 0.25) is 0 Å². The van der Waals surface area contributed by atoms with E-state index < -0.39 is 0 Å². The minimum Gasteiger partial charge on any atom is -0.343 e. The standard InChI is InChI=1S/C20H19FN2OS/c21-17-7-4-8-18-16(17)11-19(25-18)20(24)22-15-9-10-23(13-15)12-14-5-2-1-3-6-14/h1-8,11,15H,9-10,12-13H2,(H,22,24)/p+1/t15-/m1/s1. The van der Waals surface area contributed by atoms with Crippen LogP contribution in [0.2, 0.25) is 0 Å². The Bertz CT molecular complexity index is 893. The zero-order valence-electron chi connectivity index (χ0n) is 13.8. The van der Waals surface area contributed by atoms with Gasteiger partial charge in [0.1, 0.15) is 12.4 Å². The smallest absolute Gasteiger partial charge is 0.261 e. The Morgan fingerprint density at radius 3 is 2.84 bits per heavy atom. The van der Waals surface area contributed by atoms with E-state index in [1.807, 2.05) is 12.1 Å². The van der Waals surface area contributed by atoms with Gasteiger partial charge in [0.05, 0.1) is 24.0 Å². The maximum absolute atomic E-state index is 13.8. The fourth-order valence-corrected chi connectivity index (χ4v) is 4.47. The molecule has 1 fully saturated rings. The van der Waals surface area contributed by atoms with Crippen LogP contribution in [0.3, 0.4) is 0 Å². The summed E-state index contributed by atoms with van der Waals surface area (Å²) >= 11 is 1.35. The third-order valence-corrected chi connectivity index (χ3v) is 5.84. The van der Waals surface area contributed by atoms with Gasteiger partial charge in [-0.15, -0.1) is 11.3 Å². The van der Waals surface area contributed by atoms with Crippen LogP contribution in [-0.2, 0) is 6.54 Å². The van der Waals surface area contributed by atoms with Crippen molar-refractivity contribution in [3.63, 3.8) is 0 Å². The summed E-state index contributed by atoms with van der Waals surface area (Å²) in [6.45, 7) is 2.97. The molecule has 2 atom stereocenters. The summed E-state index contributed by atoms with van der Waals surface area (Å²) in [5, 5.41) is 3.65. The third-order valence-electron chi connectivity index (χ3n) is 4.75. The van der Waals surface area contributed by atoms with Crippen molar-refractivity contribution >= 4 is 27.3 Å². The highest BCUT2D eigenvalue weighted by molar-refractivity contribution is 7.20. The molecule has 128 valence electrons. The number of carbonyl (C=O) groups excluding carboxylic acids is 1. The second-order valence-electron chi connectivity index (χ2n) is 6.59. The number of benzene rings is 2. The van der Waals surface area contributed by atoms with Crippen LogP contribution in [0.25, 0.3) is 10.1 Å². The molecule has 3 aromatic rings. The fourth-order valence-electron chi connectivity index (χ4n) is 3.49. The van der Waals surface area contributed by atoms with Gasteiger partial charge in [0.25, 0.3) is 5.91 Å². The van der Waals surface area contributed by atoms with Crippen molar-refractivity contribution in [2.75, 3.05) is 13.1 Å². The molecule has 2 aromatic carbocycles. The Balaban J connectivity index is 1.38. The molecule has 1 saturated heterocycles. The van der Waals surface area contributed by atoms with Crippen molar-refractivity contribution in [2.24, 2.45) is 0 Å². The van der Waals surface area contributed by atoms with E-state index in [0.29, 0.717) is 10.3 Å². The number of rotatable bonds is 4. The van der Waals surface area contributed by atoms with Crippen LogP contribution in [0.5, 0.6) is 0 Å². The predicted molar refractivity (Wildman–Crippen MR) is 98.5 cm³/mol. The molecule has 1 aliphatic heterocycles. The number of amides is 1. The lowest BCUT2D eigenvalue weighted by Gasteiger charge is -2.14. The summed E-state index contributed by atoms with van der Waals surface area (Å²) in [5.74, 6) is -0.362. The first-order valence-corrected chi connectivity index (χ1v) is 9.37. The van der Waals surface area contributed by atoms with Crippen LogP contribution in [0.4, 0.5) is 4.39 Å². The lowest BCUT2D eigenvalue weighted by molar-refractivity contribution is -0.901. The Morgan fingerprint density at radius 2 is 2.04 bits per heavy atom. The monoisotopic (exact) mass is 355 g/mol. The number of hydrogen-bond donors (Lipinski definition) is 2. The number of fused-ring (bicyclic) bond motifs is 1. The van der Waals surface area contributed by atoms with Gasteiger partial charge < -0.3 is 10.2 Å². The summed E-state index contributed by atoms with van der Waals surface area (Å²) in [6.07, 6.45) is 0.979. The van der Waals surface area contributed by atoms with Crippen molar-refractivity contribution < 1.29 is 14.1 Å². The molecule has 4 rings (SSSR count). The van der Waals surface area contributed by atoms with E-state index in [1.54, 1.807) is 12.1 Å². The normalized spacial score (nSPS) is 20.0. The molecule has 0 radical (unpaired) electrons. The van der Waals surface area contributed by atoms with Crippen molar-refractivity contribution in [3.05, 3.63) is 70.9 Å². The molecule has 1 aliphatic rings. The summed E-state index contributed by atoms with van der Waals surface area (Å²) in [6, 6.07) is 17.2. The number of quaternary nitrogens is 1. The van der Waals surface area contributed by atoms with Gasteiger partial charge in [-0.05, 0) is 18.2 Å². The minimum absolute atomic E-state index is 0.0911. The second-order valence-corrected chi connectivity index (χ2v) is 7.67. The minimum atomic E-state index is -0.271. The SMILES string of the molecule is O=C(N[C@@H]1CC[NH+](Cc2ccccc2)C1)c1cc2c(F)cccc2s1. The summed E-state index contributed by atoms with van der Waals surface area (Å²) in [5.41, 5.74) is 1.32. The van der Waals surface area contributed by atoms with Gasteiger partial charge in [-0.2, -0.15) is 0 Å². The Morgan fingerprint density at radius 1 is 1.20 bits per heavy atom. The molecule has 3 nitrogen and oxygen atoms in total. The lowest BCUT2D eigenvalue weighted by Crippen LogP contribution is -3.09. The average Bonchev–Trinajstić information content (AvgIpc) is 3.23. The number of nitrogens with one attached hydrogen (secondary N) is 2. The van der Waals surface area contributed by atoms with E-state index in [0.717, 1.165) is 30.8 Å². The Kier molecular flexibility index (Phi) is 4.51. The summed E-state index contributed by atoms with van der Waals surface area (Å²) in [7, 11) is 0. The maximum atomic E-state index is 13.8. The highest BCUT2D eigenvalue weighted by atomic mass is 32.1. The molecular formula is C20H20FN2OS+. The number of thiophene rings is 1. The molecular weight excluding hydrogens is 335 g/mol. The van der Waals surface area contributed by atoms with E-state index >= 15 is 0 Å². The first kappa shape index (κ1) is 16.2. The molecule has 1 aromatic heterocycles. The quantitative estimate of drug-likeness (QED) is 0.741. The largest absolute Gasteiger partial charge is 0.343 e. The first-order chi connectivity index (χ1) is 12.2. The van der Waals surface area contributed by atoms with Gasteiger partial charge in [-0.25, -0.2) is 4.39 Å². The van der Waals surface area contributed by atoms with Gasteiger partial charge >= 0.3 is 0 Å². The van der Waals surface area contributed by atoms with Crippen LogP contribution >= 0.6 is 11.3 Å². The van der Waals surface area contributed by atoms with Crippen molar-refractivity contribution in [2.45, 2.75) is 19.0 Å². The number of hydrogen-bond acceptors (Lipinski definition) is 2. The van der Waals surface area contributed by atoms with Crippen molar-refractivity contribution in [3.8, 4) is 0 Å². The van der Waals surface area contributed by atoms with E-state index in [1.165, 1.54) is 27.9 Å². The second kappa shape index (κ2) is 6.94. The Hall–Kier alpha value is -2.24. The van der Waals surface area contributed by atoms with Gasteiger partial charge in [0.15, 0.2) is 0 Å². The summed E-state index contributed by atoms with van der Waals surface area (Å²) < 4.78 is 14.6. The average molecular weight is 355 g/mol. The van der Waals surface area contributed by atoms with Crippen LogP contribution < -0.4 is 10.2 Å². The van der Waals surface area contributed by atoms with Gasteiger partial charge in [0, 0.05) is 22.1 Å². The zero-order chi connectivity index (χ0) is 17.2. The molecule has 1 amide bonds. The third kappa shape index (κ3) is 3.57. The topological polar surface area (TPSA) is 33.5 Å². The molecule has 5 heteroatoms. The van der Waals surface area contributed by atoms with Crippen LogP contribution in [0, 0.1) is 5.82 Å². The molecule has 2 N–H and O–H groups in total.